The number of amides is 1. The van der Waals surface area contributed by atoms with Crippen LogP contribution in [0, 0.1) is 11.3 Å². The van der Waals surface area contributed by atoms with Crippen LogP contribution in [0.15, 0.2) is 40.9 Å². The van der Waals surface area contributed by atoms with Crippen molar-refractivity contribution in [3.8, 4) is 11.3 Å². The molecular formula is C21H26N2O4. The number of aliphatic carboxylic acids is 1. The fraction of sp³-hybridized carbons (Fsp3) is 0.476. The minimum absolute atomic E-state index is 0.106. The van der Waals surface area contributed by atoms with Gasteiger partial charge in [0.1, 0.15) is 11.5 Å². The summed E-state index contributed by atoms with van der Waals surface area (Å²) in [6.45, 7) is 4.96. The molecule has 0 bridgehead atoms. The van der Waals surface area contributed by atoms with Gasteiger partial charge in [0.15, 0.2) is 0 Å². The van der Waals surface area contributed by atoms with E-state index >= 15 is 0 Å². The third-order valence-corrected chi connectivity index (χ3v) is 5.25. The monoisotopic (exact) mass is 370 g/mol. The first kappa shape index (κ1) is 19.1. The lowest BCUT2D eigenvalue weighted by Crippen LogP contribution is -2.47. The summed E-state index contributed by atoms with van der Waals surface area (Å²) in [5.74, 6) is 0.138. The van der Waals surface area contributed by atoms with Crippen LogP contribution in [-0.2, 0) is 16.0 Å². The second-order valence-electron chi connectivity index (χ2n) is 7.79. The largest absolute Gasteiger partial charge is 0.481 e. The Morgan fingerprint density at radius 3 is 2.48 bits per heavy atom. The molecule has 3 rings (SSSR count). The molecular weight excluding hydrogens is 344 g/mol. The number of nitrogens with zero attached hydrogens (tertiary/aromatic N) is 2. The minimum Gasteiger partial charge on any atom is -0.481 e. The topological polar surface area (TPSA) is 83.6 Å². The molecule has 27 heavy (non-hydrogen) atoms. The Kier molecular flexibility index (Phi) is 5.63. The van der Waals surface area contributed by atoms with Crippen LogP contribution in [0.5, 0.6) is 0 Å². The van der Waals surface area contributed by atoms with E-state index in [1.54, 1.807) is 4.90 Å². The Morgan fingerprint density at radius 1 is 1.22 bits per heavy atom. The maximum atomic E-state index is 12.3. The maximum absolute atomic E-state index is 12.3. The highest BCUT2D eigenvalue weighted by Gasteiger charge is 2.43. The quantitative estimate of drug-likeness (QED) is 0.839. The number of carboxylic acids is 1. The molecule has 1 amide bonds. The van der Waals surface area contributed by atoms with Gasteiger partial charge >= 0.3 is 5.97 Å². The predicted molar refractivity (Wildman–Crippen MR) is 101 cm³/mol. The summed E-state index contributed by atoms with van der Waals surface area (Å²) in [6, 6.07) is 11.5. The second kappa shape index (κ2) is 7.94. The fourth-order valence-corrected chi connectivity index (χ4v) is 3.60. The Balaban J connectivity index is 1.70. The molecule has 0 saturated carbocycles. The minimum atomic E-state index is -0.915. The van der Waals surface area contributed by atoms with Crippen LogP contribution < -0.4 is 0 Å². The first-order chi connectivity index (χ1) is 12.9. The molecule has 1 aromatic heterocycles. The number of piperidine rings is 1. The summed E-state index contributed by atoms with van der Waals surface area (Å²) in [5, 5.41) is 14.0. The molecule has 1 aliphatic rings. The zero-order chi connectivity index (χ0) is 19.4. The number of rotatable bonds is 6. The number of hydrogen-bond acceptors (Lipinski definition) is 4. The highest BCUT2D eigenvalue weighted by Crippen LogP contribution is 2.36. The summed E-state index contributed by atoms with van der Waals surface area (Å²) in [6.07, 6.45) is 1.64. The van der Waals surface area contributed by atoms with Gasteiger partial charge in [-0.05, 0) is 18.8 Å². The van der Waals surface area contributed by atoms with Crippen LogP contribution in [0.4, 0.5) is 0 Å². The van der Waals surface area contributed by atoms with Crippen LogP contribution in [0.2, 0.25) is 0 Å². The van der Waals surface area contributed by atoms with Crippen molar-refractivity contribution < 1.29 is 19.2 Å². The van der Waals surface area contributed by atoms with E-state index in [-0.39, 0.29) is 12.3 Å². The van der Waals surface area contributed by atoms with E-state index in [1.165, 1.54) is 0 Å². The van der Waals surface area contributed by atoms with E-state index in [0.29, 0.717) is 49.7 Å². The van der Waals surface area contributed by atoms with Gasteiger partial charge in [0, 0.05) is 37.6 Å². The number of hydrogen-bond donors (Lipinski definition) is 1. The predicted octanol–water partition coefficient (Wildman–Crippen LogP) is 3.62. The Bertz CT molecular complexity index is 790. The lowest BCUT2D eigenvalue weighted by atomic mass is 9.75. The number of aromatic nitrogens is 1. The molecule has 1 N–H and O–H groups in total. The van der Waals surface area contributed by atoms with Crippen LogP contribution in [0.1, 0.15) is 38.9 Å². The molecule has 1 aromatic carbocycles. The molecule has 1 saturated heterocycles. The number of likely N-dealkylation sites (tertiary alicyclic amines) is 1. The maximum Gasteiger partial charge on any atom is 0.310 e. The van der Waals surface area contributed by atoms with Crippen molar-refractivity contribution in [3.63, 3.8) is 0 Å². The summed E-state index contributed by atoms with van der Waals surface area (Å²) < 4.78 is 5.43. The molecule has 2 aromatic rings. The number of benzene rings is 1. The van der Waals surface area contributed by atoms with Gasteiger partial charge < -0.3 is 14.5 Å². The molecule has 1 fully saturated rings. The van der Waals surface area contributed by atoms with Gasteiger partial charge in [0.25, 0.3) is 0 Å². The van der Waals surface area contributed by atoms with Gasteiger partial charge in [-0.25, -0.2) is 0 Å². The SMILES string of the molecule is CC(C)CC(=O)N1CCC(Cc2cc(-c3ccccc3)no2)(C(=O)O)CC1. The number of carbonyl (C=O) groups excluding carboxylic acids is 1. The highest BCUT2D eigenvalue weighted by atomic mass is 16.5. The zero-order valence-electron chi connectivity index (χ0n) is 15.9. The molecule has 144 valence electrons. The van der Waals surface area contributed by atoms with Crippen molar-refractivity contribution in [2.75, 3.05) is 13.1 Å². The third-order valence-electron chi connectivity index (χ3n) is 5.25. The van der Waals surface area contributed by atoms with Gasteiger partial charge in [0.2, 0.25) is 5.91 Å². The summed E-state index contributed by atoms with van der Waals surface area (Å²) in [5.41, 5.74) is 0.726. The number of carboxylic acid groups (broad SMARTS) is 1. The Morgan fingerprint density at radius 2 is 1.89 bits per heavy atom. The van der Waals surface area contributed by atoms with Gasteiger partial charge in [-0.3, -0.25) is 9.59 Å². The fourth-order valence-electron chi connectivity index (χ4n) is 3.60. The van der Waals surface area contributed by atoms with E-state index in [1.807, 2.05) is 50.2 Å². The van der Waals surface area contributed by atoms with E-state index in [0.717, 1.165) is 5.56 Å². The molecule has 0 radical (unpaired) electrons. The second-order valence-corrected chi connectivity index (χ2v) is 7.79. The lowest BCUT2D eigenvalue weighted by molar-refractivity contribution is -0.154. The van der Waals surface area contributed by atoms with Gasteiger partial charge in [-0.1, -0.05) is 49.3 Å². The van der Waals surface area contributed by atoms with Gasteiger partial charge in [-0.15, -0.1) is 0 Å². The van der Waals surface area contributed by atoms with Gasteiger partial charge in [0.05, 0.1) is 5.41 Å². The van der Waals surface area contributed by atoms with Crippen LogP contribution in [0.3, 0.4) is 0 Å². The first-order valence-corrected chi connectivity index (χ1v) is 9.42. The molecule has 6 heteroatoms. The van der Waals surface area contributed by atoms with E-state index in [2.05, 4.69) is 5.16 Å². The lowest BCUT2D eigenvalue weighted by Gasteiger charge is -2.38. The summed E-state index contributed by atoms with van der Waals surface area (Å²) in [4.78, 5) is 26.1. The van der Waals surface area contributed by atoms with E-state index in [4.69, 9.17) is 4.52 Å². The van der Waals surface area contributed by atoms with Crippen molar-refractivity contribution in [1.82, 2.24) is 10.1 Å². The van der Waals surface area contributed by atoms with Crippen molar-refractivity contribution in [2.45, 2.75) is 39.5 Å². The zero-order valence-corrected chi connectivity index (χ0v) is 15.9. The molecule has 0 aliphatic carbocycles. The summed E-state index contributed by atoms with van der Waals surface area (Å²) >= 11 is 0. The number of carbonyl (C=O) groups is 2. The van der Waals surface area contributed by atoms with Crippen LogP contribution in [-0.4, -0.2) is 40.1 Å². The van der Waals surface area contributed by atoms with E-state index < -0.39 is 11.4 Å². The molecule has 0 atom stereocenters. The van der Waals surface area contributed by atoms with Crippen molar-refractivity contribution in [1.29, 1.82) is 0 Å². The smallest absolute Gasteiger partial charge is 0.310 e. The van der Waals surface area contributed by atoms with Crippen molar-refractivity contribution in [2.24, 2.45) is 11.3 Å². The third kappa shape index (κ3) is 4.38. The van der Waals surface area contributed by atoms with E-state index in [9.17, 15) is 14.7 Å². The average molecular weight is 370 g/mol. The van der Waals surface area contributed by atoms with Crippen LogP contribution >= 0.6 is 0 Å². The van der Waals surface area contributed by atoms with Crippen molar-refractivity contribution >= 4 is 11.9 Å². The molecule has 1 aliphatic heterocycles. The summed E-state index contributed by atoms with van der Waals surface area (Å²) in [7, 11) is 0. The Labute approximate surface area is 159 Å². The van der Waals surface area contributed by atoms with Crippen LogP contribution in [0.25, 0.3) is 11.3 Å². The molecule has 6 nitrogen and oxygen atoms in total. The Hall–Kier alpha value is -2.63. The normalized spacial score (nSPS) is 16.5. The standard InChI is InChI=1S/C21H26N2O4/c1-15(2)12-19(24)23-10-8-21(9-11-23,20(25)26)14-17-13-18(22-27-17)16-6-4-3-5-7-16/h3-7,13,15H,8-12,14H2,1-2H3,(H,25,26). The molecule has 0 unspecified atom stereocenters. The van der Waals surface area contributed by atoms with Gasteiger partial charge in [-0.2, -0.15) is 0 Å². The average Bonchev–Trinajstić information content (AvgIpc) is 3.10. The first-order valence-electron chi connectivity index (χ1n) is 9.42. The molecule has 2 heterocycles. The molecule has 0 spiro atoms. The highest BCUT2D eigenvalue weighted by molar-refractivity contribution is 5.78. The van der Waals surface area contributed by atoms with Crippen molar-refractivity contribution in [3.05, 3.63) is 42.2 Å².